The summed E-state index contributed by atoms with van der Waals surface area (Å²) in [6.45, 7) is 6.38. The number of nitrogens with one attached hydrogen (secondary N) is 2. The number of rotatable bonds is 6. The summed E-state index contributed by atoms with van der Waals surface area (Å²) in [6.07, 6.45) is 0.262. The van der Waals surface area contributed by atoms with Crippen molar-refractivity contribution in [1.82, 2.24) is 5.32 Å². The molecule has 0 saturated heterocycles. The van der Waals surface area contributed by atoms with Crippen LogP contribution in [0.5, 0.6) is 5.75 Å². The number of fused-ring (bicyclic) bond motifs is 1. The highest BCUT2D eigenvalue weighted by atomic mass is 16.5. The Morgan fingerprint density at radius 2 is 2.32 bits per heavy atom. The van der Waals surface area contributed by atoms with Crippen LogP contribution in [-0.4, -0.2) is 31.8 Å². The van der Waals surface area contributed by atoms with Gasteiger partial charge in [-0.1, -0.05) is 6.07 Å². The van der Waals surface area contributed by atoms with Crippen molar-refractivity contribution in [2.45, 2.75) is 26.5 Å². The van der Waals surface area contributed by atoms with Crippen LogP contribution >= 0.6 is 0 Å². The lowest BCUT2D eigenvalue weighted by molar-refractivity contribution is -0.118. The Kier molecular flexibility index (Phi) is 4.76. The van der Waals surface area contributed by atoms with E-state index in [2.05, 4.69) is 10.6 Å². The van der Waals surface area contributed by atoms with E-state index in [0.29, 0.717) is 6.61 Å². The van der Waals surface area contributed by atoms with Gasteiger partial charge < -0.3 is 20.1 Å². The summed E-state index contributed by atoms with van der Waals surface area (Å²) in [6, 6.07) is 5.81. The molecular weight excluding hydrogens is 244 g/mol. The van der Waals surface area contributed by atoms with Crippen LogP contribution < -0.4 is 15.4 Å². The van der Waals surface area contributed by atoms with E-state index in [0.717, 1.165) is 30.1 Å². The molecule has 1 aliphatic heterocycles. The highest BCUT2D eigenvalue weighted by Crippen LogP contribution is 2.28. The molecule has 0 fully saturated rings. The van der Waals surface area contributed by atoms with E-state index in [4.69, 9.17) is 9.47 Å². The van der Waals surface area contributed by atoms with E-state index in [1.165, 1.54) is 0 Å². The van der Waals surface area contributed by atoms with E-state index in [9.17, 15) is 4.79 Å². The molecule has 5 heteroatoms. The van der Waals surface area contributed by atoms with Crippen LogP contribution in [0.1, 0.15) is 19.4 Å². The van der Waals surface area contributed by atoms with Gasteiger partial charge in [0.05, 0.1) is 18.4 Å². The van der Waals surface area contributed by atoms with Gasteiger partial charge in [-0.25, -0.2) is 0 Å². The summed E-state index contributed by atoms with van der Waals surface area (Å²) in [4.78, 5) is 11.2. The summed E-state index contributed by atoms with van der Waals surface area (Å²) in [5, 5.41) is 6.10. The third-order valence-electron chi connectivity index (χ3n) is 2.74. The number of benzene rings is 1. The molecule has 0 radical (unpaired) electrons. The molecule has 1 aliphatic rings. The smallest absolute Gasteiger partial charge is 0.262 e. The van der Waals surface area contributed by atoms with Gasteiger partial charge in [0.1, 0.15) is 5.75 Å². The Hall–Kier alpha value is -1.59. The Balaban J connectivity index is 1.81. The minimum atomic E-state index is -0.108. The van der Waals surface area contributed by atoms with E-state index >= 15 is 0 Å². The van der Waals surface area contributed by atoms with Crippen LogP contribution in [0.25, 0.3) is 0 Å². The lowest BCUT2D eigenvalue weighted by Gasteiger charge is -2.18. The lowest BCUT2D eigenvalue weighted by Crippen LogP contribution is -2.26. The van der Waals surface area contributed by atoms with Crippen LogP contribution in [0.4, 0.5) is 5.69 Å². The fourth-order valence-electron chi connectivity index (χ4n) is 1.84. The predicted octanol–water partition coefficient (Wildman–Crippen LogP) is 1.53. The molecular formula is C14H20N2O3. The summed E-state index contributed by atoms with van der Waals surface area (Å²) in [5.41, 5.74) is 1.85. The second kappa shape index (κ2) is 6.54. The Morgan fingerprint density at radius 3 is 3.11 bits per heavy atom. The maximum atomic E-state index is 11.2. The summed E-state index contributed by atoms with van der Waals surface area (Å²) in [5.74, 6) is 0.620. The molecule has 1 aromatic rings. The largest absolute Gasteiger partial charge is 0.482 e. The topological polar surface area (TPSA) is 59.6 Å². The summed E-state index contributed by atoms with van der Waals surface area (Å²) >= 11 is 0. The van der Waals surface area contributed by atoms with Gasteiger partial charge in [0.2, 0.25) is 0 Å². The van der Waals surface area contributed by atoms with E-state index in [-0.39, 0.29) is 18.6 Å². The molecule has 0 saturated carbocycles. The second-order valence-corrected chi connectivity index (χ2v) is 4.76. The Bertz CT molecular complexity index is 446. The molecule has 19 heavy (non-hydrogen) atoms. The first-order valence-electron chi connectivity index (χ1n) is 6.53. The average Bonchev–Trinajstić information content (AvgIpc) is 2.37. The maximum Gasteiger partial charge on any atom is 0.262 e. The van der Waals surface area contributed by atoms with Crippen molar-refractivity contribution >= 4 is 11.6 Å². The van der Waals surface area contributed by atoms with Crippen molar-refractivity contribution < 1.29 is 14.3 Å². The quantitative estimate of drug-likeness (QED) is 0.765. The number of ether oxygens (including phenoxy) is 2. The molecule has 2 N–H and O–H groups in total. The molecule has 0 atom stereocenters. The first-order valence-corrected chi connectivity index (χ1v) is 6.53. The lowest BCUT2D eigenvalue weighted by atomic mass is 10.1. The molecule has 1 amide bonds. The average molecular weight is 264 g/mol. The van der Waals surface area contributed by atoms with Gasteiger partial charge in [-0.05, 0) is 31.5 Å². The van der Waals surface area contributed by atoms with Crippen molar-refractivity contribution in [2.75, 3.05) is 25.1 Å². The third kappa shape index (κ3) is 4.22. The molecule has 0 bridgehead atoms. The van der Waals surface area contributed by atoms with Crippen molar-refractivity contribution in [3.63, 3.8) is 0 Å². The highest BCUT2D eigenvalue weighted by molar-refractivity contribution is 5.95. The third-order valence-corrected chi connectivity index (χ3v) is 2.74. The van der Waals surface area contributed by atoms with Gasteiger partial charge in [0.15, 0.2) is 6.61 Å². The van der Waals surface area contributed by atoms with Crippen molar-refractivity contribution in [1.29, 1.82) is 0 Å². The molecule has 0 unspecified atom stereocenters. The van der Waals surface area contributed by atoms with Crippen molar-refractivity contribution in [3.05, 3.63) is 23.8 Å². The Morgan fingerprint density at radius 1 is 1.47 bits per heavy atom. The van der Waals surface area contributed by atoms with Gasteiger partial charge in [-0.15, -0.1) is 0 Å². The van der Waals surface area contributed by atoms with Crippen molar-refractivity contribution in [3.8, 4) is 5.75 Å². The summed E-state index contributed by atoms with van der Waals surface area (Å²) in [7, 11) is 0. The number of carbonyl (C=O) groups excluding carboxylic acids is 1. The zero-order valence-electron chi connectivity index (χ0n) is 11.4. The number of hydrogen-bond acceptors (Lipinski definition) is 4. The second-order valence-electron chi connectivity index (χ2n) is 4.76. The van der Waals surface area contributed by atoms with Gasteiger partial charge in [-0.2, -0.15) is 0 Å². The predicted molar refractivity (Wildman–Crippen MR) is 73.4 cm³/mol. The molecule has 0 spiro atoms. The number of carbonyl (C=O) groups is 1. The zero-order valence-corrected chi connectivity index (χ0v) is 11.4. The zero-order chi connectivity index (χ0) is 13.7. The molecule has 0 aromatic heterocycles. The fraction of sp³-hybridized carbons (Fsp3) is 0.500. The van der Waals surface area contributed by atoms with E-state index in [1.54, 1.807) is 0 Å². The molecule has 1 heterocycles. The minimum Gasteiger partial charge on any atom is -0.482 e. The minimum absolute atomic E-state index is 0.0944. The highest BCUT2D eigenvalue weighted by Gasteiger charge is 2.15. The monoisotopic (exact) mass is 264 g/mol. The van der Waals surface area contributed by atoms with E-state index < -0.39 is 0 Å². The van der Waals surface area contributed by atoms with E-state index in [1.807, 2.05) is 32.0 Å². The van der Waals surface area contributed by atoms with Crippen molar-refractivity contribution in [2.24, 2.45) is 0 Å². The fourth-order valence-corrected chi connectivity index (χ4v) is 1.84. The number of hydrogen-bond donors (Lipinski definition) is 2. The first-order chi connectivity index (χ1) is 9.15. The van der Waals surface area contributed by atoms with Crippen LogP contribution in [0.2, 0.25) is 0 Å². The molecule has 5 nitrogen and oxygen atoms in total. The molecule has 1 aromatic carbocycles. The Labute approximate surface area is 113 Å². The van der Waals surface area contributed by atoms with Gasteiger partial charge in [0, 0.05) is 13.1 Å². The number of anilines is 1. The van der Waals surface area contributed by atoms with Crippen LogP contribution in [-0.2, 0) is 16.1 Å². The first kappa shape index (κ1) is 13.8. The SMILES string of the molecule is CC(C)OCCNCc1ccc2c(c1)NC(=O)CO2. The normalized spacial score (nSPS) is 13.9. The van der Waals surface area contributed by atoms with Gasteiger partial charge in [0.25, 0.3) is 5.91 Å². The molecule has 104 valence electrons. The summed E-state index contributed by atoms with van der Waals surface area (Å²) < 4.78 is 10.8. The number of amides is 1. The molecule has 0 aliphatic carbocycles. The van der Waals surface area contributed by atoms with Gasteiger partial charge >= 0.3 is 0 Å². The van der Waals surface area contributed by atoms with Crippen LogP contribution in [0.3, 0.4) is 0 Å². The molecule has 2 rings (SSSR count). The standard InChI is InChI=1S/C14H20N2O3/c1-10(2)18-6-5-15-8-11-3-4-13-12(7-11)16-14(17)9-19-13/h3-4,7,10,15H,5-6,8-9H2,1-2H3,(H,16,17). The van der Waals surface area contributed by atoms with Crippen LogP contribution in [0.15, 0.2) is 18.2 Å². The van der Waals surface area contributed by atoms with Gasteiger partial charge in [-0.3, -0.25) is 4.79 Å². The maximum absolute atomic E-state index is 11.2. The van der Waals surface area contributed by atoms with Crippen LogP contribution in [0, 0.1) is 0 Å².